The Labute approximate surface area is 418 Å². The van der Waals surface area contributed by atoms with Crippen LogP contribution in [0, 0.1) is 11.8 Å². The van der Waals surface area contributed by atoms with E-state index in [1.54, 1.807) is 0 Å². The summed E-state index contributed by atoms with van der Waals surface area (Å²) in [5.41, 5.74) is 27.0. The number of ether oxygens (including phenoxy) is 4. The molecule has 2 unspecified atom stereocenters. The lowest BCUT2D eigenvalue weighted by atomic mass is 9.91. The minimum atomic E-state index is -5.84. The lowest BCUT2D eigenvalue weighted by Gasteiger charge is -2.21. The molecule has 0 saturated carbocycles. The first-order valence-corrected chi connectivity index (χ1v) is 25.9. The zero-order valence-corrected chi connectivity index (χ0v) is 42.5. The van der Waals surface area contributed by atoms with E-state index in [2.05, 4.69) is 73.7 Å². The number of nitrogens with zero attached hydrogens (tertiary/aromatic N) is 8. The summed E-state index contributed by atoms with van der Waals surface area (Å²) in [7, 11) is -18.3. The van der Waals surface area contributed by atoms with Gasteiger partial charge in [0, 0.05) is 40.4 Å². The molecule has 1 aromatic heterocycles. The van der Waals surface area contributed by atoms with Gasteiger partial charge in [-0.3, -0.25) is 9.09 Å². The van der Waals surface area contributed by atoms with Gasteiger partial charge in [-0.15, -0.1) is 0 Å². The highest BCUT2D eigenvalue weighted by Crippen LogP contribution is 2.66. The fourth-order valence-corrected chi connectivity index (χ4v) is 9.27. The SMILES string of the molecule is C=C(\C=C/C(C)=C/C(NB(C)F)=C(C)/C=C/C)CCC(=C)NCCOc1ccc(C(=O)OCC#Cc2cn([C@H]3C[C@@H](OCN=[N+]=[N-])[C@@H](COP(=O)(O)OP(=O)(O)OP(=O)(O)O)O3)c(=O)nc2N)c(CN=[N+]=[N-])c1. The van der Waals surface area contributed by atoms with Crippen LogP contribution in [-0.2, 0) is 47.6 Å². The van der Waals surface area contributed by atoms with Gasteiger partial charge in [0.25, 0.3) is 0 Å². The van der Waals surface area contributed by atoms with Crippen LogP contribution in [0.15, 0.2) is 111 Å². The topological polar surface area (TPSA) is 396 Å². The third-order valence-corrected chi connectivity index (χ3v) is 13.2. The molecule has 5 atom stereocenters. The van der Waals surface area contributed by atoms with Crippen molar-refractivity contribution < 1.29 is 74.5 Å². The van der Waals surface area contributed by atoms with Crippen molar-refractivity contribution in [3.05, 3.63) is 144 Å². The lowest BCUT2D eigenvalue weighted by molar-refractivity contribution is -0.0601. The van der Waals surface area contributed by atoms with Crippen molar-refractivity contribution in [3.8, 4) is 17.6 Å². The van der Waals surface area contributed by atoms with Crippen LogP contribution < -0.4 is 26.7 Å². The molecule has 32 heteroatoms. The average Bonchev–Trinajstić information content (AvgIpc) is 3.70. The summed E-state index contributed by atoms with van der Waals surface area (Å²) in [5.74, 6) is 4.41. The maximum Gasteiger partial charge on any atom is 0.490 e. The standard InChI is InChI=1S/C41H54BFN11O16P3/c1-7-9-29(4)35(51-42(6)43)20-28(3)12-11-27(2)13-14-30(5)47-17-19-64-33-15-16-34(32(21-33)23-48-52-45)40(55)65-18-8-10-31-24-54(41(56)50-39(31)44)38-22-36(66-26-49-53-46)37(68-38)25-67-72(60,61)70-73(62,63)69-71(57,58)59/h7,9,11-12,15-16,20-21,24,36-38,47,51H,2,5,13-14,17-19,22-23,25-26H2,1,3-4,6H3,(H,60,61)(H,62,63)(H2,44,50,56)(H2,57,58,59)/b9-7+,12-11-,28-20+,35-29-/t36-,37-,38-/m1/s1. The van der Waals surface area contributed by atoms with E-state index in [0.29, 0.717) is 30.8 Å². The van der Waals surface area contributed by atoms with Crippen molar-refractivity contribution in [2.24, 2.45) is 10.2 Å². The van der Waals surface area contributed by atoms with Crippen LogP contribution >= 0.6 is 23.5 Å². The summed E-state index contributed by atoms with van der Waals surface area (Å²) in [6.45, 7) is 13.6. The number of hydrogen-bond acceptors (Lipinski definition) is 18. The van der Waals surface area contributed by atoms with Crippen LogP contribution in [0.1, 0.15) is 67.7 Å². The van der Waals surface area contributed by atoms with E-state index in [4.69, 9.17) is 45.5 Å². The van der Waals surface area contributed by atoms with E-state index < -0.39 is 80.6 Å². The maximum absolute atomic E-state index is 13.7. The summed E-state index contributed by atoms with van der Waals surface area (Å²) in [5, 5.41) is 12.8. The number of aromatic nitrogens is 2. The minimum Gasteiger partial charge on any atom is -0.492 e. The van der Waals surface area contributed by atoms with Gasteiger partial charge < -0.3 is 59.1 Å². The molecule has 1 aromatic carbocycles. The maximum atomic E-state index is 13.7. The molecule has 2 aromatic rings. The molecule has 0 spiro atoms. The van der Waals surface area contributed by atoms with Crippen LogP contribution in [0.5, 0.6) is 5.75 Å². The Balaban J connectivity index is 1.60. The molecule has 2 heterocycles. The highest BCUT2D eigenvalue weighted by atomic mass is 31.3. The molecule has 1 saturated heterocycles. The van der Waals surface area contributed by atoms with E-state index in [9.17, 15) is 37.4 Å². The Morgan fingerprint density at radius 1 is 1.11 bits per heavy atom. The number of nitrogen functional groups attached to an aromatic ring is 1. The lowest BCUT2D eigenvalue weighted by Crippen LogP contribution is -2.29. The monoisotopic (exact) mass is 1080 g/mol. The molecule has 1 fully saturated rings. The first-order chi connectivity index (χ1) is 34.3. The van der Waals surface area contributed by atoms with Crippen LogP contribution in [-0.4, -0.2) is 87.5 Å². The second-order valence-corrected chi connectivity index (χ2v) is 19.7. The van der Waals surface area contributed by atoms with Crippen molar-refractivity contribution in [2.75, 3.05) is 38.8 Å². The largest absolute Gasteiger partial charge is 0.492 e. The second-order valence-electron chi connectivity index (χ2n) is 15.2. The van der Waals surface area contributed by atoms with E-state index >= 15 is 0 Å². The number of halogens is 1. The predicted octanol–water partition coefficient (Wildman–Crippen LogP) is 6.98. The van der Waals surface area contributed by atoms with Gasteiger partial charge in [0.05, 0.1) is 30.4 Å². The highest BCUT2D eigenvalue weighted by molar-refractivity contribution is 7.66. The summed E-state index contributed by atoms with van der Waals surface area (Å²) in [6, 6.07) is 4.47. The molecular weight excluding hydrogens is 1030 g/mol. The average molecular weight is 1080 g/mol. The van der Waals surface area contributed by atoms with Crippen molar-refractivity contribution >= 4 is 42.4 Å². The molecule has 8 N–H and O–H groups in total. The van der Waals surface area contributed by atoms with E-state index in [1.165, 1.54) is 25.0 Å². The van der Waals surface area contributed by atoms with E-state index in [-0.39, 0.29) is 42.1 Å². The molecule has 394 valence electrons. The molecule has 73 heavy (non-hydrogen) atoms. The van der Waals surface area contributed by atoms with Gasteiger partial charge in [0.2, 0.25) is 0 Å². The summed E-state index contributed by atoms with van der Waals surface area (Å²) in [6.07, 6.45) is 7.76. The number of carbonyl (C=O) groups excluding carboxylic acids is 1. The molecule has 1 aliphatic rings. The predicted molar refractivity (Wildman–Crippen MR) is 264 cm³/mol. The van der Waals surface area contributed by atoms with Crippen LogP contribution in [0.3, 0.4) is 0 Å². The number of allylic oxidation sites excluding steroid dienone is 9. The van der Waals surface area contributed by atoms with Gasteiger partial charge in [0.1, 0.15) is 37.2 Å². The Bertz CT molecular complexity index is 2840. The normalized spacial score (nSPS) is 17.7. The first kappa shape index (κ1) is 61.0. The van der Waals surface area contributed by atoms with E-state index in [1.807, 2.05) is 51.2 Å². The smallest absolute Gasteiger partial charge is 0.490 e. The Kier molecular flexibility index (Phi) is 24.6. The van der Waals surface area contributed by atoms with Crippen molar-refractivity contribution in [1.82, 2.24) is 20.1 Å². The van der Waals surface area contributed by atoms with Gasteiger partial charge >= 0.3 is 42.3 Å². The van der Waals surface area contributed by atoms with Crippen LogP contribution in [0.2, 0.25) is 6.82 Å². The zero-order chi connectivity index (χ0) is 54.4. The summed E-state index contributed by atoms with van der Waals surface area (Å²) < 4.78 is 84.0. The van der Waals surface area contributed by atoms with Crippen LogP contribution in [0.4, 0.5) is 10.1 Å². The van der Waals surface area contributed by atoms with Gasteiger partial charge in [-0.25, -0.2) is 23.3 Å². The fourth-order valence-electron chi connectivity index (χ4n) is 6.24. The molecule has 1 aliphatic heterocycles. The van der Waals surface area contributed by atoms with Crippen LogP contribution in [0.25, 0.3) is 20.9 Å². The molecular formula is C41H54BFN11O16P3. The third-order valence-electron chi connectivity index (χ3n) is 9.44. The zero-order valence-electron chi connectivity index (χ0n) is 39.8. The number of phosphoric ester groups is 1. The Hall–Kier alpha value is -6.29. The molecule has 27 nitrogen and oxygen atoms in total. The molecule has 0 radical (unpaired) electrons. The van der Waals surface area contributed by atoms with Gasteiger partial charge in [-0.05, 0) is 92.5 Å². The molecule has 3 rings (SSSR count). The molecule has 0 bridgehead atoms. The number of carbonyl (C=O) groups is 1. The third kappa shape index (κ3) is 22.6. The number of phosphoric acid groups is 3. The number of anilines is 1. The summed E-state index contributed by atoms with van der Waals surface area (Å²) in [4.78, 5) is 72.0. The Morgan fingerprint density at radius 2 is 1.84 bits per heavy atom. The van der Waals surface area contributed by atoms with Crippen molar-refractivity contribution in [2.45, 2.75) is 71.8 Å². The number of rotatable bonds is 29. The fraction of sp³-hybridized carbons (Fsp3) is 0.390. The number of nitrogens with one attached hydrogen (secondary N) is 2. The Morgan fingerprint density at radius 3 is 2.51 bits per heavy atom. The number of hydrogen-bond donors (Lipinski definition) is 7. The van der Waals surface area contributed by atoms with Gasteiger partial charge in [0.15, 0.2) is 6.61 Å². The molecule has 0 aliphatic carbocycles. The highest BCUT2D eigenvalue weighted by Gasteiger charge is 2.43. The quantitative estimate of drug-likeness (QED) is 0.00497. The number of azide groups is 2. The van der Waals surface area contributed by atoms with Gasteiger partial charge in [-0.2, -0.15) is 13.6 Å². The number of nitrogens with two attached hydrogens (primary N) is 1. The van der Waals surface area contributed by atoms with Crippen molar-refractivity contribution in [3.63, 3.8) is 0 Å². The number of esters is 1. The van der Waals surface area contributed by atoms with E-state index in [0.717, 1.165) is 33.2 Å². The van der Waals surface area contributed by atoms with Crippen molar-refractivity contribution in [1.29, 1.82) is 0 Å². The van der Waals surface area contributed by atoms with Gasteiger partial charge in [-0.1, -0.05) is 65.1 Å². The number of benzene rings is 1. The second kappa shape index (κ2) is 29.4. The minimum absolute atomic E-state index is 0.0487. The molecule has 0 amide bonds. The summed E-state index contributed by atoms with van der Waals surface area (Å²) >= 11 is 0. The first-order valence-electron chi connectivity index (χ1n) is 21.4.